The summed E-state index contributed by atoms with van der Waals surface area (Å²) < 4.78 is 54.4. The summed E-state index contributed by atoms with van der Waals surface area (Å²) in [5.74, 6) is 0.425. The fourth-order valence-corrected chi connectivity index (χ4v) is 5.18. The van der Waals surface area contributed by atoms with Gasteiger partial charge >= 0.3 is 6.18 Å². The van der Waals surface area contributed by atoms with Crippen LogP contribution in [0.15, 0.2) is 28.7 Å². The van der Waals surface area contributed by atoms with E-state index in [2.05, 4.69) is 20.6 Å². The van der Waals surface area contributed by atoms with Crippen molar-refractivity contribution in [3.05, 3.63) is 35.1 Å². The van der Waals surface area contributed by atoms with E-state index in [1.165, 1.54) is 12.3 Å². The second-order valence-electron chi connectivity index (χ2n) is 7.67. The number of aromatic nitrogens is 4. The van der Waals surface area contributed by atoms with Crippen LogP contribution in [0.4, 0.5) is 24.8 Å². The lowest BCUT2D eigenvalue weighted by molar-refractivity contribution is -0.137. The monoisotopic (exact) mass is 468 g/mol. The molecule has 3 aromatic rings. The molecular formula is C19H19F3N6OS2. The van der Waals surface area contributed by atoms with Crippen LogP contribution in [-0.4, -0.2) is 43.3 Å². The molecule has 1 unspecified atom stereocenters. The molecule has 31 heavy (non-hydrogen) atoms. The lowest BCUT2D eigenvalue weighted by Gasteiger charge is -2.27. The first kappa shape index (κ1) is 20.6. The Hall–Kier alpha value is -2.31. The number of thiophene rings is 1. The van der Waals surface area contributed by atoms with E-state index < -0.39 is 22.5 Å². The summed E-state index contributed by atoms with van der Waals surface area (Å²) in [4.78, 5) is 8.90. The zero-order valence-corrected chi connectivity index (χ0v) is 18.1. The van der Waals surface area contributed by atoms with Crippen molar-refractivity contribution >= 4 is 33.8 Å². The van der Waals surface area contributed by atoms with E-state index in [1.807, 2.05) is 10.9 Å². The maximum atomic E-state index is 13.6. The predicted octanol–water partition coefficient (Wildman–Crippen LogP) is 3.92. The fourth-order valence-electron chi connectivity index (χ4n) is 3.36. The van der Waals surface area contributed by atoms with Gasteiger partial charge in [0.05, 0.1) is 38.8 Å². The summed E-state index contributed by atoms with van der Waals surface area (Å²) in [6.07, 6.45) is 1.63. The Balaban J connectivity index is 1.51. The van der Waals surface area contributed by atoms with Crippen molar-refractivity contribution in [1.82, 2.24) is 25.1 Å². The van der Waals surface area contributed by atoms with Gasteiger partial charge in [0.2, 0.25) is 5.95 Å². The van der Waals surface area contributed by atoms with Crippen molar-refractivity contribution in [1.29, 1.82) is 0 Å². The minimum absolute atomic E-state index is 0.0729. The molecule has 7 nitrogen and oxygen atoms in total. The number of hydrogen-bond acceptors (Lipinski definition) is 7. The summed E-state index contributed by atoms with van der Waals surface area (Å²) in [5.41, 5.74) is 0.473. The summed E-state index contributed by atoms with van der Waals surface area (Å²) in [6.45, 7) is 1.68. The van der Waals surface area contributed by atoms with Gasteiger partial charge in [0.1, 0.15) is 5.56 Å². The molecule has 3 aromatic heterocycles. The predicted molar refractivity (Wildman–Crippen MR) is 112 cm³/mol. The van der Waals surface area contributed by atoms with Gasteiger partial charge in [-0.1, -0.05) is 0 Å². The van der Waals surface area contributed by atoms with Gasteiger partial charge in [0.25, 0.3) is 0 Å². The summed E-state index contributed by atoms with van der Waals surface area (Å²) in [5, 5.41) is 12.6. The van der Waals surface area contributed by atoms with Crippen molar-refractivity contribution in [2.45, 2.75) is 35.9 Å². The molecule has 2 aliphatic rings. The molecule has 0 spiro atoms. The molecule has 12 heteroatoms. The molecule has 5 rings (SSSR count). The van der Waals surface area contributed by atoms with Gasteiger partial charge in [-0.2, -0.15) is 18.3 Å². The molecule has 164 valence electrons. The lowest BCUT2D eigenvalue weighted by Crippen LogP contribution is -2.43. The van der Waals surface area contributed by atoms with E-state index in [0.29, 0.717) is 15.7 Å². The largest absolute Gasteiger partial charge is 0.420 e. The smallest absolute Gasteiger partial charge is 0.321 e. The van der Waals surface area contributed by atoms with Gasteiger partial charge in [0, 0.05) is 47.9 Å². The number of hydrogen-bond donors (Lipinski definition) is 2. The average molecular weight is 469 g/mol. The number of nitrogens with zero attached hydrogens (tertiary/aromatic N) is 4. The van der Waals surface area contributed by atoms with Crippen LogP contribution in [0.3, 0.4) is 0 Å². The van der Waals surface area contributed by atoms with E-state index >= 15 is 0 Å². The Morgan fingerprint density at radius 1 is 1.32 bits per heavy atom. The van der Waals surface area contributed by atoms with Crippen molar-refractivity contribution in [3.63, 3.8) is 0 Å². The minimum Gasteiger partial charge on any atom is -0.321 e. The second-order valence-corrected chi connectivity index (χ2v) is 9.96. The minimum atomic E-state index is -4.61. The van der Waals surface area contributed by atoms with Gasteiger partial charge in [0.15, 0.2) is 0 Å². The van der Waals surface area contributed by atoms with Crippen LogP contribution in [0.25, 0.3) is 10.6 Å². The van der Waals surface area contributed by atoms with E-state index in [-0.39, 0.29) is 17.7 Å². The highest BCUT2D eigenvalue weighted by atomic mass is 32.2. The van der Waals surface area contributed by atoms with Crippen LogP contribution in [-0.2, 0) is 17.0 Å². The molecule has 4 heterocycles. The molecule has 1 atom stereocenters. The SMILES string of the molecule is CS(=O)c1csc(-c2nc(Nc3cn(C4CNC4)nc3C3CC3)ncc2C(F)(F)F)c1. The van der Waals surface area contributed by atoms with E-state index in [1.54, 1.807) is 5.38 Å². The molecule has 2 fully saturated rings. The highest BCUT2D eigenvalue weighted by Crippen LogP contribution is 2.44. The number of anilines is 2. The molecule has 1 saturated carbocycles. The van der Waals surface area contributed by atoms with Gasteiger partial charge in [-0.3, -0.25) is 8.89 Å². The van der Waals surface area contributed by atoms with Crippen molar-refractivity contribution in [2.75, 3.05) is 24.7 Å². The molecule has 1 aliphatic carbocycles. The Bertz CT molecular complexity index is 1150. The molecule has 0 bridgehead atoms. The van der Waals surface area contributed by atoms with Gasteiger partial charge < -0.3 is 10.6 Å². The Kier molecular flexibility index (Phi) is 5.10. The van der Waals surface area contributed by atoms with Gasteiger partial charge in [-0.25, -0.2) is 9.97 Å². The number of rotatable bonds is 6. The number of halogens is 3. The molecule has 0 amide bonds. The third-order valence-electron chi connectivity index (χ3n) is 5.34. The maximum Gasteiger partial charge on any atom is 0.420 e. The first-order valence-electron chi connectivity index (χ1n) is 9.73. The molecule has 2 N–H and O–H groups in total. The van der Waals surface area contributed by atoms with Crippen molar-refractivity contribution in [2.24, 2.45) is 0 Å². The zero-order valence-electron chi connectivity index (χ0n) is 16.4. The van der Waals surface area contributed by atoms with Crippen molar-refractivity contribution in [3.8, 4) is 10.6 Å². The third-order valence-corrected chi connectivity index (χ3v) is 7.33. The maximum absolute atomic E-state index is 13.6. The molecule has 0 aromatic carbocycles. The Labute approximate surface area is 182 Å². The standard InChI is InChI=1S/C19H19F3N6OS2/c1-31(29)12-4-15(30-9-12)17-13(19(20,21)22)7-24-18(26-17)25-14-8-28(11-5-23-6-11)27-16(14)10-2-3-10/h4,7-11,23H,2-3,5-6H2,1H3,(H,24,25,26). The highest BCUT2D eigenvalue weighted by molar-refractivity contribution is 7.84. The topological polar surface area (TPSA) is 84.7 Å². The van der Waals surface area contributed by atoms with Gasteiger partial charge in [-0.05, 0) is 18.9 Å². The fraction of sp³-hybridized carbons (Fsp3) is 0.421. The van der Waals surface area contributed by atoms with Crippen molar-refractivity contribution < 1.29 is 17.4 Å². The molecule has 0 radical (unpaired) electrons. The zero-order chi connectivity index (χ0) is 21.8. The van der Waals surface area contributed by atoms with Crippen LogP contribution in [0.2, 0.25) is 0 Å². The van der Waals surface area contributed by atoms with E-state index in [9.17, 15) is 17.4 Å². The van der Waals surface area contributed by atoms with Gasteiger partial charge in [-0.15, -0.1) is 11.3 Å². The van der Waals surface area contributed by atoms with E-state index in [4.69, 9.17) is 5.10 Å². The first-order chi connectivity index (χ1) is 14.8. The summed E-state index contributed by atoms with van der Waals surface area (Å²) >= 11 is 1.08. The third kappa shape index (κ3) is 4.11. The Morgan fingerprint density at radius 3 is 2.68 bits per heavy atom. The summed E-state index contributed by atoms with van der Waals surface area (Å²) in [6, 6.07) is 1.76. The van der Waals surface area contributed by atoms with Crippen LogP contribution in [0, 0.1) is 0 Å². The number of nitrogens with one attached hydrogen (secondary N) is 2. The second kappa shape index (κ2) is 7.68. The van der Waals surface area contributed by atoms with E-state index in [0.717, 1.165) is 54.8 Å². The summed E-state index contributed by atoms with van der Waals surface area (Å²) in [7, 11) is -1.29. The normalized spacial score (nSPS) is 18.1. The highest BCUT2D eigenvalue weighted by Gasteiger charge is 2.36. The van der Waals surface area contributed by atoms with Crippen LogP contribution in [0.1, 0.15) is 36.1 Å². The quantitative estimate of drug-likeness (QED) is 0.571. The first-order valence-corrected chi connectivity index (χ1v) is 12.2. The number of alkyl halides is 3. The van der Waals surface area contributed by atoms with Crippen LogP contribution >= 0.6 is 11.3 Å². The van der Waals surface area contributed by atoms with Crippen LogP contribution in [0.5, 0.6) is 0 Å². The molecule has 1 saturated heterocycles. The average Bonchev–Trinajstić information content (AvgIpc) is 3.23. The Morgan fingerprint density at radius 2 is 2.10 bits per heavy atom. The van der Waals surface area contributed by atoms with Crippen LogP contribution < -0.4 is 10.6 Å². The lowest BCUT2D eigenvalue weighted by atomic mass is 10.2. The molecular weight excluding hydrogens is 449 g/mol. The molecule has 1 aliphatic heterocycles.